The third kappa shape index (κ3) is 2.72. The van der Waals surface area contributed by atoms with Gasteiger partial charge in [-0.3, -0.25) is 0 Å². The molecule has 0 saturated heterocycles. The fourth-order valence-electron chi connectivity index (χ4n) is 2.21. The summed E-state index contributed by atoms with van der Waals surface area (Å²) >= 11 is 3.19. The van der Waals surface area contributed by atoms with Crippen LogP contribution in [0.5, 0.6) is 5.75 Å². The molecule has 2 aromatic carbocycles. The predicted octanol–water partition coefficient (Wildman–Crippen LogP) is 4.26. The highest BCUT2D eigenvalue weighted by Gasteiger charge is 2.17. The Hall–Kier alpha value is -1.39. The number of rotatable bonds is 3. The third-order valence-corrected chi connectivity index (χ3v) is 4.16. The molecule has 1 atom stereocenters. The highest BCUT2D eigenvalue weighted by atomic mass is 79.9. The summed E-state index contributed by atoms with van der Waals surface area (Å²) in [6.45, 7) is 4.03. The second kappa shape index (κ2) is 5.94. The topological polar surface area (TPSA) is 35.2 Å². The van der Waals surface area contributed by atoms with Gasteiger partial charge in [-0.25, -0.2) is 4.39 Å². The van der Waals surface area contributed by atoms with Crippen molar-refractivity contribution in [2.24, 2.45) is 5.73 Å². The Labute approximate surface area is 126 Å². The molecule has 2 aromatic rings. The van der Waals surface area contributed by atoms with Crippen LogP contribution in [0.25, 0.3) is 0 Å². The molecule has 2 nitrogen and oxygen atoms in total. The van der Waals surface area contributed by atoms with Gasteiger partial charge in [0.1, 0.15) is 11.6 Å². The lowest BCUT2D eigenvalue weighted by Crippen LogP contribution is -2.14. The van der Waals surface area contributed by atoms with E-state index in [0.29, 0.717) is 4.47 Å². The molecular weight excluding hydrogens is 321 g/mol. The second-order valence-electron chi connectivity index (χ2n) is 4.78. The van der Waals surface area contributed by atoms with E-state index in [1.165, 1.54) is 6.07 Å². The van der Waals surface area contributed by atoms with E-state index in [9.17, 15) is 4.39 Å². The maximum Gasteiger partial charge on any atom is 0.137 e. The van der Waals surface area contributed by atoms with E-state index in [0.717, 1.165) is 28.0 Å². The van der Waals surface area contributed by atoms with Gasteiger partial charge in [-0.05, 0) is 58.6 Å². The second-order valence-corrected chi connectivity index (χ2v) is 5.64. The van der Waals surface area contributed by atoms with Crippen LogP contribution in [0, 0.1) is 19.7 Å². The summed E-state index contributed by atoms with van der Waals surface area (Å²) in [7, 11) is 1.64. The van der Waals surface area contributed by atoms with Gasteiger partial charge in [-0.1, -0.05) is 18.2 Å². The number of aryl methyl sites for hydroxylation is 1. The smallest absolute Gasteiger partial charge is 0.137 e. The van der Waals surface area contributed by atoms with Crippen LogP contribution in [-0.2, 0) is 0 Å². The van der Waals surface area contributed by atoms with Crippen molar-refractivity contribution in [3.63, 3.8) is 0 Å². The fraction of sp³-hybridized carbons (Fsp3) is 0.250. The van der Waals surface area contributed by atoms with Gasteiger partial charge < -0.3 is 10.5 Å². The van der Waals surface area contributed by atoms with Gasteiger partial charge in [-0.15, -0.1) is 0 Å². The van der Waals surface area contributed by atoms with Gasteiger partial charge >= 0.3 is 0 Å². The van der Waals surface area contributed by atoms with E-state index < -0.39 is 0 Å². The average Bonchev–Trinajstić information content (AvgIpc) is 2.44. The maximum absolute atomic E-state index is 13.3. The van der Waals surface area contributed by atoms with Crippen LogP contribution >= 0.6 is 15.9 Å². The summed E-state index contributed by atoms with van der Waals surface area (Å²) in [6, 6.07) is 8.43. The molecule has 0 aliphatic carbocycles. The van der Waals surface area contributed by atoms with Gasteiger partial charge in [0, 0.05) is 5.56 Å². The maximum atomic E-state index is 13.3. The Morgan fingerprint density at radius 3 is 2.50 bits per heavy atom. The van der Waals surface area contributed by atoms with Crippen molar-refractivity contribution < 1.29 is 9.13 Å². The Kier molecular flexibility index (Phi) is 4.45. The molecule has 2 rings (SSSR count). The van der Waals surface area contributed by atoms with E-state index in [2.05, 4.69) is 15.9 Å². The first-order chi connectivity index (χ1) is 9.45. The van der Waals surface area contributed by atoms with E-state index in [1.807, 2.05) is 26.0 Å². The highest BCUT2D eigenvalue weighted by Crippen LogP contribution is 2.33. The highest BCUT2D eigenvalue weighted by molar-refractivity contribution is 9.10. The van der Waals surface area contributed by atoms with Gasteiger partial charge in [0.25, 0.3) is 0 Å². The van der Waals surface area contributed by atoms with E-state index >= 15 is 0 Å². The van der Waals surface area contributed by atoms with Gasteiger partial charge in [0.2, 0.25) is 0 Å². The monoisotopic (exact) mass is 337 g/mol. The molecular formula is C16H17BrFNO. The van der Waals surface area contributed by atoms with Crippen molar-refractivity contribution in [1.82, 2.24) is 0 Å². The number of benzene rings is 2. The van der Waals surface area contributed by atoms with Gasteiger partial charge in [0.05, 0.1) is 17.6 Å². The standard InChI is InChI=1S/C16H17BrFNO/c1-9-4-6-12(16(20-3)10(9)2)15(19)11-5-7-14(18)13(17)8-11/h4-8,15H,19H2,1-3H3. The summed E-state index contributed by atoms with van der Waals surface area (Å²) in [5, 5.41) is 0. The minimum Gasteiger partial charge on any atom is -0.496 e. The molecule has 0 aliphatic heterocycles. The number of methoxy groups -OCH3 is 1. The van der Waals surface area contributed by atoms with Crippen molar-refractivity contribution in [3.8, 4) is 5.75 Å². The lowest BCUT2D eigenvalue weighted by atomic mass is 9.95. The molecule has 0 aliphatic rings. The summed E-state index contributed by atoms with van der Waals surface area (Å²) in [6.07, 6.45) is 0. The normalized spacial score (nSPS) is 12.3. The Balaban J connectivity index is 2.50. The van der Waals surface area contributed by atoms with E-state index in [4.69, 9.17) is 10.5 Å². The summed E-state index contributed by atoms with van der Waals surface area (Å²) in [4.78, 5) is 0. The third-order valence-electron chi connectivity index (χ3n) is 3.55. The Morgan fingerprint density at radius 1 is 1.20 bits per heavy atom. The average molecular weight is 338 g/mol. The first kappa shape index (κ1) is 15.0. The molecule has 2 N–H and O–H groups in total. The van der Waals surface area contributed by atoms with Crippen LogP contribution in [0.4, 0.5) is 4.39 Å². The van der Waals surface area contributed by atoms with E-state index in [1.54, 1.807) is 19.2 Å². The minimum atomic E-state index is -0.360. The molecule has 20 heavy (non-hydrogen) atoms. The zero-order valence-corrected chi connectivity index (χ0v) is 13.3. The molecule has 0 fully saturated rings. The van der Waals surface area contributed by atoms with Crippen molar-refractivity contribution >= 4 is 15.9 Å². The molecule has 106 valence electrons. The van der Waals surface area contributed by atoms with Crippen LogP contribution in [0.15, 0.2) is 34.8 Å². The molecule has 0 spiro atoms. The van der Waals surface area contributed by atoms with Crippen LogP contribution in [-0.4, -0.2) is 7.11 Å². The molecule has 0 heterocycles. The lowest BCUT2D eigenvalue weighted by molar-refractivity contribution is 0.404. The van der Waals surface area contributed by atoms with Gasteiger partial charge in [0.15, 0.2) is 0 Å². The van der Waals surface area contributed by atoms with Crippen LogP contribution in [0.1, 0.15) is 28.3 Å². The van der Waals surface area contributed by atoms with Crippen molar-refractivity contribution in [2.75, 3.05) is 7.11 Å². The largest absolute Gasteiger partial charge is 0.496 e. The molecule has 0 radical (unpaired) electrons. The zero-order chi connectivity index (χ0) is 14.9. The number of hydrogen-bond acceptors (Lipinski definition) is 2. The summed E-state index contributed by atoms with van der Waals surface area (Å²) in [5.41, 5.74) is 10.3. The van der Waals surface area contributed by atoms with Crippen molar-refractivity contribution in [3.05, 3.63) is 62.9 Å². The molecule has 4 heteroatoms. The molecule has 0 amide bonds. The number of halogens is 2. The number of ether oxygens (including phenoxy) is 1. The van der Waals surface area contributed by atoms with Crippen molar-refractivity contribution in [2.45, 2.75) is 19.9 Å². The fourth-order valence-corrected chi connectivity index (χ4v) is 2.61. The van der Waals surface area contributed by atoms with Gasteiger partial charge in [-0.2, -0.15) is 0 Å². The summed E-state index contributed by atoms with van der Waals surface area (Å²) < 4.78 is 19.2. The number of nitrogens with two attached hydrogens (primary N) is 1. The Morgan fingerprint density at radius 2 is 1.90 bits per heavy atom. The summed E-state index contributed by atoms with van der Waals surface area (Å²) in [5.74, 6) is 0.492. The SMILES string of the molecule is COc1c(C(N)c2ccc(F)c(Br)c2)ccc(C)c1C. The molecule has 1 unspecified atom stereocenters. The minimum absolute atomic E-state index is 0.298. The molecule has 0 aromatic heterocycles. The van der Waals surface area contributed by atoms with Crippen LogP contribution < -0.4 is 10.5 Å². The molecule has 0 saturated carbocycles. The zero-order valence-electron chi connectivity index (χ0n) is 11.7. The first-order valence-electron chi connectivity index (χ1n) is 6.30. The Bertz CT molecular complexity index is 643. The predicted molar refractivity (Wildman–Crippen MR) is 82.6 cm³/mol. The lowest BCUT2D eigenvalue weighted by Gasteiger charge is -2.19. The first-order valence-corrected chi connectivity index (χ1v) is 7.09. The van der Waals surface area contributed by atoms with Crippen LogP contribution in [0.2, 0.25) is 0 Å². The van der Waals surface area contributed by atoms with Crippen LogP contribution in [0.3, 0.4) is 0 Å². The van der Waals surface area contributed by atoms with E-state index in [-0.39, 0.29) is 11.9 Å². The quantitative estimate of drug-likeness (QED) is 0.907. The number of hydrogen-bond donors (Lipinski definition) is 1. The molecule has 0 bridgehead atoms. The van der Waals surface area contributed by atoms with Crippen molar-refractivity contribution in [1.29, 1.82) is 0 Å².